The van der Waals surface area contributed by atoms with Crippen LogP contribution in [0.4, 0.5) is 16.2 Å². The minimum Gasteiger partial charge on any atom is -0.486 e. The molecule has 0 bridgehead atoms. The molecule has 2 heterocycles. The molecule has 0 radical (unpaired) electrons. The van der Waals surface area contributed by atoms with E-state index < -0.39 is 0 Å². The number of hydrogen-bond acceptors (Lipinski definition) is 4. The Labute approximate surface area is 192 Å². The third kappa shape index (κ3) is 4.62. The molecule has 7 nitrogen and oxygen atoms in total. The Kier molecular flexibility index (Phi) is 5.85. The molecule has 4 aromatic rings. The molecule has 1 aromatic heterocycles. The third-order valence-electron chi connectivity index (χ3n) is 5.67. The average Bonchev–Trinajstić information content (AvgIpc) is 3.20. The van der Waals surface area contributed by atoms with E-state index in [4.69, 9.17) is 14.5 Å². The average molecular weight is 443 g/mol. The van der Waals surface area contributed by atoms with Gasteiger partial charge in [-0.25, -0.2) is 9.78 Å². The third-order valence-corrected chi connectivity index (χ3v) is 5.67. The van der Waals surface area contributed by atoms with E-state index in [2.05, 4.69) is 40.3 Å². The maximum Gasteiger partial charge on any atom is 0.323 e. The van der Waals surface area contributed by atoms with Crippen LogP contribution in [0.1, 0.15) is 18.3 Å². The zero-order valence-corrected chi connectivity index (χ0v) is 18.5. The molecule has 0 fully saturated rings. The standard InChI is InChI=1S/C26H26N4O3/c1-2-30-22-9-4-3-8-21(22)29-25(30)13-10-18-6-5-7-19(16-18)27-26(31)28-20-11-12-23-24(17-20)33-15-14-32-23/h3-9,11-12,16-17H,2,10,13-15H2,1H3,(H2,27,28,31). The van der Waals surface area contributed by atoms with Crippen LogP contribution >= 0.6 is 0 Å². The molecule has 1 aliphatic heterocycles. The molecule has 0 spiro atoms. The Morgan fingerprint density at radius 1 is 0.909 bits per heavy atom. The highest BCUT2D eigenvalue weighted by Gasteiger charge is 2.13. The van der Waals surface area contributed by atoms with Gasteiger partial charge >= 0.3 is 6.03 Å². The molecule has 7 heteroatoms. The lowest BCUT2D eigenvalue weighted by Gasteiger charge is -2.19. The van der Waals surface area contributed by atoms with Gasteiger partial charge in [-0.05, 0) is 55.3 Å². The number of amides is 2. The number of benzene rings is 3. The van der Waals surface area contributed by atoms with Crippen molar-refractivity contribution in [2.24, 2.45) is 0 Å². The second kappa shape index (κ2) is 9.24. The van der Waals surface area contributed by atoms with Crippen LogP contribution in [-0.2, 0) is 19.4 Å². The van der Waals surface area contributed by atoms with Gasteiger partial charge in [-0.2, -0.15) is 0 Å². The lowest BCUT2D eigenvalue weighted by molar-refractivity contribution is 0.171. The molecule has 1 aliphatic rings. The van der Waals surface area contributed by atoms with Gasteiger partial charge < -0.3 is 24.7 Å². The number of urea groups is 1. The number of nitrogens with one attached hydrogen (secondary N) is 2. The van der Waals surface area contributed by atoms with Gasteiger partial charge in [-0.3, -0.25) is 0 Å². The van der Waals surface area contributed by atoms with Crippen molar-refractivity contribution >= 4 is 28.4 Å². The van der Waals surface area contributed by atoms with E-state index in [0.29, 0.717) is 30.4 Å². The first-order chi connectivity index (χ1) is 16.2. The summed E-state index contributed by atoms with van der Waals surface area (Å²) in [7, 11) is 0. The minimum absolute atomic E-state index is 0.309. The van der Waals surface area contributed by atoms with Crippen LogP contribution in [-0.4, -0.2) is 28.8 Å². The molecule has 33 heavy (non-hydrogen) atoms. The summed E-state index contributed by atoms with van der Waals surface area (Å²) in [6, 6.07) is 21.2. The van der Waals surface area contributed by atoms with Gasteiger partial charge in [0.05, 0.1) is 11.0 Å². The second-order valence-electron chi connectivity index (χ2n) is 7.90. The number of nitrogens with zero attached hydrogens (tertiary/aromatic N) is 2. The largest absolute Gasteiger partial charge is 0.486 e. The Balaban J connectivity index is 1.23. The zero-order valence-electron chi connectivity index (χ0n) is 18.5. The summed E-state index contributed by atoms with van der Waals surface area (Å²) in [5.41, 5.74) is 4.72. The number of aromatic nitrogens is 2. The highest BCUT2D eigenvalue weighted by Crippen LogP contribution is 2.32. The number of aryl methyl sites for hydroxylation is 3. The van der Waals surface area contributed by atoms with Crippen LogP contribution in [0, 0.1) is 0 Å². The molecule has 168 valence electrons. The first kappa shape index (κ1) is 20.9. The molecule has 5 rings (SSSR count). The molecule has 3 aromatic carbocycles. The van der Waals surface area contributed by atoms with Crippen molar-refractivity contribution in [1.82, 2.24) is 9.55 Å². The smallest absolute Gasteiger partial charge is 0.323 e. The number of rotatable bonds is 6. The normalized spacial score (nSPS) is 12.5. The summed E-state index contributed by atoms with van der Waals surface area (Å²) in [5, 5.41) is 5.76. The Hall–Kier alpha value is -4.00. The van der Waals surface area contributed by atoms with E-state index in [-0.39, 0.29) is 6.03 Å². The van der Waals surface area contributed by atoms with E-state index in [0.717, 1.165) is 42.0 Å². The number of carbonyl (C=O) groups excluding carboxylic acids is 1. The Morgan fingerprint density at radius 2 is 1.70 bits per heavy atom. The number of carbonyl (C=O) groups is 1. The minimum atomic E-state index is -0.309. The first-order valence-corrected chi connectivity index (χ1v) is 11.2. The zero-order chi connectivity index (χ0) is 22.6. The predicted octanol–water partition coefficient (Wildman–Crippen LogP) is 5.26. The predicted molar refractivity (Wildman–Crippen MR) is 129 cm³/mol. The summed E-state index contributed by atoms with van der Waals surface area (Å²) in [6.07, 6.45) is 1.66. The van der Waals surface area contributed by atoms with Crippen LogP contribution in [0.2, 0.25) is 0 Å². The van der Waals surface area contributed by atoms with Crippen molar-refractivity contribution in [3.05, 3.63) is 78.1 Å². The van der Waals surface area contributed by atoms with Gasteiger partial charge in [0.25, 0.3) is 0 Å². The second-order valence-corrected chi connectivity index (χ2v) is 7.90. The molecular formula is C26H26N4O3. The number of anilines is 2. The lowest BCUT2D eigenvalue weighted by atomic mass is 10.1. The van der Waals surface area contributed by atoms with Crippen LogP contribution in [0.15, 0.2) is 66.7 Å². The van der Waals surface area contributed by atoms with Gasteiger partial charge in [-0.1, -0.05) is 24.3 Å². The fraction of sp³-hybridized carbons (Fsp3) is 0.231. The number of hydrogen-bond donors (Lipinski definition) is 2. The van der Waals surface area contributed by atoms with Crippen molar-refractivity contribution in [3.63, 3.8) is 0 Å². The maximum atomic E-state index is 12.5. The molecule has 0 saturated carbocycles. The maximum absolute atomic E-state index is 12.5. The summed E-state index contributed by atoms with van der Waals surface area (Å²) in [4.78, 5) is 17.3. The van der Waals surface area contributed by atoms with E-state index in [9.17, 15) is 4.79 Å². The summed E-state index contributed by atoms with van der Waals surface area (Å²) >= 11 is 0. The Morgan fingerprint density at radius 3 is 2.55 bits per heavy atom. The van der Waals surface area contributed by atoms with E-state index in [1.807, 2.05) is 30.3 Å². The molecule has 2 N–H and O–H groups in total. The summed E-state index contributed by atoms with van der Waals surface area (Å²) in [5.74, 6) is 2.41. The monoisotopic (exact) mass is 442 g/mol. The van der Waals surface area contributed by atoms with Crippen LogP contribution in [0.3, 0.4) is 0 Å². The fourth-order valence-corrected chi connectivity index (χ4v) is 4.14. The van der Waals surface area contributed by atoms with Crippen molar-refractivity contribution in [2.45, 2.75) is 26.3 Å². The lowest BCUT2D eigenvalue weighted by Crippen LogP contribution is -2.20. The van der Waals surface area contributed by atoms with Gasteiger partial charge in [0.15, 0.2) is 11.5 Å². The van der Waals surface area contributed by atoms with Crippen molar-refractivity contribution in [2.75, 3.05) is 23.8 Å². The fourth-order valence-electron chi connectivity index (χ4n) is 4.14. The van der Waals surface area contributed by atoms with Crippen LogP contribution in [0.5, 0.6) is 11.5 Å². The van der Waals surface area contributed by atoms with Gasteiger partial charge in [0.1, 0.15) is 19.0 Å². The SMILES string of the molecule is CCn1c(CCc2cccc(NC(=O)Nc3ccc4c(c3)OCCO4)c2)nc2ccccc21. The molecular weight excluding hydrogens is 416 g/mol. The highest BCUT2D eigenvalue weighted by molar-refractivity contribution is 6.00. The van der Waals surface area contributed by atoms with Crippen molar-refractivity contribution in [1.29, 1.82) is 0 Å². The van der Waals surface area contributed by atoms with Gasteiger partial charge in [0.2, 0.25) is 0 Å². The molecule has 0 unspecified atom stereocenters. The number of para-hydroxylation sites is 2. The number of ether oxygens (including phenoxy) is 2. The first-order valence-electron chi connectivity index (χ1n) is 11.2. The van der Waals surface area contributed by atoms with Crippen molar-refractivity contribution < 1.29 is 14.3 Å². The molecule has 0 atom stereocenters. The van der Waals surface area contributed by atoms with Gasteiger partial charge in [0, 0.05) is 30.4 Å². The van der Waals surface area contributed by atoms with Gasteiger partial charge in [-0.15, -0.1) is 0 Å². The van der Waals surface area contributed by atoms with E-state index >= 15 is 0 Å². The van der Waals surface area contributed by atoms with Crippen molar-refractivity contribution in [3.8, 4) is 11.5 Å². The van der Waals surface area contributed by atoms with E-state index in [1.165, 1.54) is 5.52 Å². The van der Waals surface area contributed by atoms with Crippen LogP contribution in [0.25, 0.3) is 11.0 Å². The van der Waals surface area contributed by atoms with E-state index in [1.54, 1.807) is 18.2 Å². The molecule has 0 saturated heterocycles. The summed E-state index contributed by atoms with van der Waals surface area (Å²) in [6.45, 7) is 4.07. The molecule has 0 aliphatic carbocycles. The number of imidazole rings is 1. The highest BCUT2D eigenvalue weighted by atomic mass is 16.6. The number of fused-ring (bicyclic) bond motifs is 2. The quantitative estimate of drug-likeness (QED) is 0.427. The van der Waals surface area contributed by atoms with Crippen LogP contribution < -0.4 is 20.1 Å². The Bertz CT molecular complexity index is 1300. The summed E-state index contributed by atoms with van der Waals surface area (Å²) < 4.78 is 13.4. The molecule has 2 amide bonds. The topological polar surface area (TPSA) is 77.4 Å².